The van der Waals surface area contributed by atoms with E-state index in [2.05, 4.69) is 118 Å². The Morgan fingerprint density at radius 1 is 0.323 bits per heavy atom. The van der Waals surface area contributed by atoms with Crippen LogP contribution in [0.1, 0.15) is 239 Å². The molecule has 0 fully saturated rings. The zero-order valence-corrected chi connectivity index (χ0v) is 42.2. The Kier molecular flexibility index (Phi) is 50.0. The van der Waals surface area contributed by atoms with Gasteiger partial charge in [0.25, 0.3) is 0 Å². The van der Waals surface area contributed by atoms with Gasteiger partial charge in [-0.1, -0.05) is 234 Å². The Labute approximate surface area is 400 Å². The molecule has 6 nitrogen and oxygen atoms in total. The molecule has 1 unspecified atom stereocenters. The third-order valence-corrected chi connectivity index (χ3v) is 11.1. The van der Waals surface area contributed by atoms with E-state index >= 15 is 0 Å². The molecule has 0 aliphatic heterocycles. The van der Waals surface area contributed by atoms with Gasteiger partial charge in [0.05, 0.1) is 0 Å². The third kappa shape index (κ3) is 51.2. The lowest BCUT2D eigenvalue weighted by Gasteiger charge is -2.18. The minimum absolute atomic E-state index is 0.0890. The standard InChI is InChI=1S/C59H98O6/c1-4-7-10-13-16-19-22-23-24-25-26-27-28-29-30-31-32-33-34-35-36-37-38-41-43-46-49-52-58(61)64-55-56(65-59(62)53-50-47-44-40-21-18-15-12-9-6-3)54-63-57(60)51-48-45-42-39-20-17-14-11-8-5-2/h7,10,16,19,23-24,26-27,29-30,32-33,35-36,38,41,56H,4-6,8-9,11-15,17-18,20-22,25,28,31,34,37,39-40,42-55H2,1-3H3/b10-7-,19-16-,24-23-,27-26-,30-29-,33-32-,36-35-,41-38-. The van der Waals surface area contributed by atoms with Crippen LogP contribution < -0.4 is 0 Å². The molecule has 0 aromatic carbocycles. The van der Waals surface area contributed by atoms with E-state index in [0.717, 1.165) is 109 Å². The Morgan fingerprint density at radius 2 is 0.600 bits per heavy atom. The molecule has 0 aliphatic carbocycles. The van der Waals surface area contributed by atoms with E-state index in [4.69, 9.17) is 14.2 Å². The van der Waals surface area contributed by atoms with Crippen LogP contribution >= 0.6 is 0 Å². The highest BCUT2D eigenvalue weighted by Gasteiger charge is 2.19. The number of allylic oxidation sites excluding steroid dienone is 16. The van der Waals surface area contributed by atoms with Crippen molar-refractivity contribution in [2.45, 2.75) is 245 Å². The van der Waals surface area contributed by atoms with Crippen molar-refractivity contribution in [3.05, 3.63) is 97.2 Å². The molecule has 0 radical (unpaired) electrons. The highest BCUT2D eigenvalue weighted by Crippen LogP contribution is 2.14. The van der Waals surface area contributed by atoms with Crippen LogP contribution in [0.4, 0.5) is 0 Å². The maximum atomic E-state index is 12.7. The number of unbranched alkanes of at least 4 members (excludes halogenated alkanes) is 20. The summed E-state index contributed by atoms with van der Waals surface area (Å²) in [6.07, 6.45) is 69.8. The molecule has 65 heavy (non-hydrogen) atoms. The van der Waals surface area contributed by atoms with Gasteiger partial charge in [0.2, 0.25) is 0 Å². The maximum absolute atomic E-state index is 12.7. The van der Waals surface area contributed by atoms with Gasteiger partial charge in [-0.3, -0.25) is 14.4 Å². The third-order valence-electron chi connectivity index (χ3n) is 11.1. The maximum Gasteiger partial charge on any atom is 0.306 e. The van der Waals surface area contributed by atoms with Crippen LogP contribution in [-0.2, 0) is 28.6 Å². The first-order valence-electron chi connectivity index (χ1n) is 26.7. The van der Waals surface area contributed by atoms with Crippen molar-refractivity contribution in [1.82, 2.24) is 0 Å². The van der Waals surface area contributed by atoms with Gasteiger partial charge >= 0.3 is 17.9 Å². The molecule has 0 spiro atoms. The molecule has 0 rings (SSSR count). The predicted octanol–water partition coefficient (Wildman–Crippen LogP) is 17.8. The molecule has 370 valence electrons. The SMILES string of the molecule is CC/C=C\C/C=C\C/C=C\C/C=C\C/C=C\C/C=C\C/C=C\C/C=C\CCCCC(=O)OCC(COC(=O)CCCCCCCCCCCC)OC(=O)CCCCCCCCCCCC. The molecular weight excluding hydrogens is 805 g/mol. The van der Waals surface area contributed by atoms with Gasteiger partial charge in [-0.15, -0.1) is 0 Å². The van der Waals surface area contributed by atoms with Crippen LogP contribution in [0.2, 0.25) is 0 Å². The van der Waals surface area contributed by atoms with Gasteiger partial charge in [-0.25, -0.2) is 0 Å². The van der Waals surface area contributed by atoms with Crippen LogP contribution in [-0.4, -0.2) is 37.2 Å². The molecule has 0 bridgehead atoms. The second kappa shape index (κ2) is 52.9. The van der Waals surface area contributed by atoms with Crippen molar-refractivity contribution < 1.29 is 28.6 Å². The zero-order chi connectivity index (χ0) is 47.2. The first kappa shape index (κ1) is 61.3. The minimum Gasteiger partial charge on any atom is -0.462 e. The first-order chi connectivity index (χ1) is 32.0. The fourth-order valence-electron chi connectivity index (χ4n) is 7.10. The molecular formula is C59H98O6. The van der Waals surface area contributed by atoms with Gasteiger partial charge in [0.15, 0.2) is 6.10 Å². The summed E-state index contributed by atoms with van der Waals surface area (Å²) >= 11 is 0. The molecule has 6 heteroatoms. The van der Waals surface area contributed by atoms with Crippen molar-refractivity contribution in [1.29, 1.82) is 0 Å². The van der Waals surface area contributed by atoms with Crippen molar-refractivity contribution in [2.75, 3.05) is 13.2 Å². The lowest BCUT2D eigenvalue weighted by Crippen LogP contribution is -2.30. The smallest absolute Gasteiger partial charge is 0.306 e. The lowest BCUT2D eigenvalue weighted by molar-refractivity contribution is -0.167. The largest absolute Gasteiger partial charge is 0.462 e. The van der Waals surface area contributed by atoms with Crippen molar-refractivity contribution in [2.24, 2.45) is 0 Å². The van der Waals surface area contributed by atoms with E-state index in [1.165, 1.54) is 89.9 Å². The van der Waals surface area contributed by atoms with Gasteiger partial charge < -0.3 is 14.2 Å². The van der Waals surface area contributed by atoms with E-state index in [1.54, 1.807) is 0 Å². The van der Waals surface area contributed by atoms with Crippen LogP contribution in [0.25, 0.3) is 0 Å². The summed E-state index contributed by atoms with van der Waals surface area (Å²) in [7, 11) is 0. The van der Waals surface area contributed by atoms with Gasteiger partial charge in [0.1, 0.15) is 13.2 Å². The summed E-state index contributed by atoms with van der Waals surface area (Å²) in [6.45, 7) is 6.45. The Balaban J connectivity index is 4.32. The van der Waals surface area contributed by atoms with Crippen LogP contribution in [0.15, 0.2) is 97.2 Å². The Hall–Kier alpha value is -3.67. The molecule has 0 N–H and O–H groups in total. The zero-order valence-electron chi connectivity index (χ0n) is 42.2. The van der Waals surface area contributed by atoms with Gasteiger partial charge in [-0.05, 0) is 83.5 Å². The summed E-state index contributed by atoms with van der Waals surface area (Å²) < 4.78 is 16.7. The van der Waals surface area contributed by atoms with E-state index in [1.807, 2.05) is 0 Å². The summed E-state index contributed by atoms with van der Waals surface area (Å²) in [6, 6.07) is 0. The summed E-state index contributed by atoms with van der Waals surface area (Å²) in [5, 5.41) is 0. The minimum atomic E-state index is -0.790. The molecule has 1 atom stereocenters. The van der Waals surface area contributed by atoms with Crippen molar-refractivity contribution >= 4 is 17.9 Å². The molecule has 0 saturated carbocycles. The number of rotatable bonds is 47. The number of carbonyl (C=O) groups is 3. The van der Waals surface area contributed by atoms with Crippen LogP contribution in [0.3, 0.4) is 0 Å². The number of esters is 3. The number of hydrogen-bond acceptors (Lipinski definition) is 6. The summed E-state index contributed by atoms with van der Waals surface area (Å²) in [4.78, 5) is 37.8. The normalized spacial score (nSPS) is 12.8. The van der Waals surface area contributed by atoms with Crippen molar-refractivity contribution in [3.8, 4) is 0 Å². The quantitative estimate of drug-likeness (QED) is 0.0262. The summed E-state index contributed by atoms with van der Waals surface area (Å²) in [5.41, 5.74) is 0. The molecule has 0 amide bonds. The van der Waals surface area contributed by atoms with Crippen molar-refractivity contribution in [3.63, 3.8) is 0 Å². The fourth-order valence-corrected chi connectivity index (χ4v) is 7.10. The molecule has 0 heterocycles. The first-order valence-corrected chi connectivity index (χ1v) is 26.7. The number of hydrogen-bond donors (Lipinski definition) is 0. The van der Waals surface area contributed by atoms with Crippen LogP contribution in [0, 0.1) is 0 Å². The Morgan fingerprint density at radius 3 is 0.938 bits per heavy atom. The average Bonchev–Trinajstić information content (AvgIpc) is 3.30. The lowest BCUT2D eigenvalue weighted by atomic mass is 10.1. The van der Waals surface area contributed by atoms with E-state index in [0.29, 0.717) is 19.3 Å². The summed E-state index contributed by atoms with van der Waals surface area (Å²) in [5.74, 6) is -0.939. The highest BCUT2D eigenvalue weighted by atomic mass is 16.6. The predicted molar refractivity (Wildman–Crippen MR) is 279 cm³/mol. The second-order valence-corrected chi connectivity index (χ2v) is 17.4. The van der Waals surface area contributed by atoms with Crippen LogP contribution in [0.5, 0.6) is 0 Å². The number of ether oxygens (including phenoxy) is 3. The number of carbonyl (C=O) groups excluding carboxylic acids is 3. The molecule has 0 aliphatic rings. The van der Waals surface area contributed by atoms with E-state index in [-0.39, 0.29) is 31.1 Å². The van der Waals surface area contributed by atoms with E-state index < -0.39 is 6.10 Å². The molecule has 0 aromatic rings. The average molecular weight is 903 g/mol. The Bertz CT molecular complexity index is 1310. The topological polar surface area (TPSA) is 78.9 Å². The second-order valence-electron chi connectivity index (χ2n) is 17.4. The van der Waals surface area contributed by atoms with E-state index in [9.17, 15) is 14.4 Å². The highest BCUT2D eigenvalue weighted by molar-refractivity contribution is 5.71. The molecule has 0 saturated heterocycles. The monoisotopic (exact) mass is 903 g/mol. The van der Waals surface area contributed by atoms with Gasteiger partial charge in [0, 0.05) is 19.3 Å². The molecule has 0 aromatic heterocycles. The fraction of sp³-hybridized carbons (Fsp3) is 0.678. The van der Waals surface area contributed by atoms with Gasteiger partial charge in [-0.2, -0.15) is 0 Å².